The van der Waals surface area contributed by atoms with Gasteiger partial charge in [-0.05, 0) is 31.4 Å². The summed E-state index contributed by atoms with van der Waals surface area (Å²) in [6.07, 6.45) is 8.28. The van der Waals surface area contributed by atoms with Crippen LogP contribution in [0.3, 0.4) is 0 Å². The van der Waals surface area contributed by atoms with E-state index in [-0.39, 0.29) is 12.1 Å². The third-order valence-corrected chi connectivity index (χ3v) is 2.69. The van der Waals surface area contributed by atoms with Crippen LogP contribution in [0, 0.1) is 0 Å². The van der Waals surface area contributed by atoms with Gasteiger partial charge in [-0.15, -0.1) is 0 Å². The Morgan fingerprint density at radius 3 is 2.64 bits per heavy atom. The zero-order valence-corrected chi connectivity index (χ0v) is 8.23. The summed E-state index contributed by atoms with van der Waals surface area (Å²) in [5, 5.41) is 0. The Balaban J connectivity index is 1.96. The summed E-state index contributed by atoms with van der Waals surface area (Å²) in [5.74, 6) is 0.877. The van der Waals surface area contributed by atoms with E-state index >= 15 is 0 Å². The van der Waals surface area contributed by atoms with Gasteiger partial charge in [0.2, 0.25) is 0 Å². The van der Waals surface area contributed by atoms with Crippen molar-refractivity contribution in [1.82, 2.24) is 4.98 Å². The monoisotopic (exact) mass is 192 g/mol. The summed E-state index contributed by atoms with van der Waals surface area (Å²) in [6, 6.07) is 3.94. The van der Waals surface area contributed by atoms with Crippen molar-refractivity contribution in [2.75, 3.05) is 0 Å². The smallest absolute Gasteiger partial charge is 0.122 e. The van der Waals surface area contributed by atoms with Crippen molar-refractivity contribution in [2.45, 2.75) is 37.8 Å². The third kappa shape index (κ3) is 2.23. The minimum atomic E-state index is 0.186. The number of aromatic nitrogens is 1. The fourth-order valence-corrected chi connectivity index (χ4v) is 1.86. The summed E-state index contributed by atoms with van der Waals surface area (Å²) in [6.45, 7) is 0. The van der Waals surface area contributed by atoms with Crippen LogP contribution in [-0.2, 0) is 0 Å². The molecular formula is C11H16N2O. The lowest BCUT2D eigenvalue weighted by molar-refractivity contribution is 0.132. The van der Waals surface area contributed by atoms with Gasteiger partial charge in [0.25, 0.3) is 0 Å². The second-order valence-corrected chi connectivity index (χ2v) is 3.79. The maximum atomic E-state index is 5.99. The molecule has 0 aromatic carbocycles. The lowest BCUT2D eigenvalue weighted by Crippen LogP contribution is -2.41. The molecule has 1 aromatic rings. The quantitative estimate of drug-likeness (QED) is 0.776. The van der Waals surface area contributed by atoms with Gasteiger partial charge >= 0.3 is 0 Å². The maximum absolute atomic E-state index is 5.99. The fraction of sp³-hybridized carbons (Fsp3) is 0.545. The summed E-state index contributed by atoms with van der Waals surface area (Å²) < 4.78 is 5.80. The van der Waals surface area contributed by atoms with Crippen LogP contribution < -0.4 is 10.5 Å². The van der Waals surface area contributed by atoms with E-state index in [1.165, 1.54) is 12.8 Å². The van der Waals surface area contributed by atoms with Gasteiger partial charge in [-0.1, -0.05) is 6.42 Å². The Bertz CT molecular complexity index is 276. The molecule has 1 aromatic heterocycles. The summed E-state index contributed by atoms with van der Waals surface area (Å²) in [7, 11) is 0. The second-order valence-electron chi connectivity index (χ2n) is 3.79. The van der Waals surface area contributed by atoms with Crippen LogP contribution in [-0.4, -0.2) is 17.1 Å². The molecule has 0 aliphatic heterocycles. The fourth-order valence-electron chi connectivity index (χ4n) is 1.86. The number of pyridine rings is 1. The van der Waals surface area contributed by atoms with Gasteiger partial charge in [-0.3, -0.25) is 4.98 Å². The molecule has 76 valence electrons. The minimum Gasteiger partial charge on any atom is -0.489 e. The summed E-state index contributed by atoms with van der Waals surface area (Å²) >= 11 is 0. The first-order valence-electron chi connectivity index (χ1n) is 5.18. The van der Waals surface area contributed by atoms with Crippen LogP contribution in [0.5, 0.6) is 5.75 Å². The molecule has 2 rings (SSSR count). The maximum Gasteiger partial charge on any atom is 0.122 e. The molecule has 14 heavy (non-hydrogen) atoms. The molecular weight excluding hydrogens is 176 g/mol. The van der Waals surface area contributed by atoms with Crippen molar-refractivity contribution in [1.29, 1.82) is 0 Å². The molecule has 0 spiro atoms. The highest BCUT2D eigenvalue weighted by Crippen LogP contribution is 2.22. The standard InChI is InChI=1S/C11H16N2O/c12-10-3-1-2-4-11(10)14-9-5-7-13-8-6-9/h5-8,10-11H,1-4,12H2. The van der Waals surface area contributed by atoms with Crippen molar-refractivity contribution in [3.8, 4) is 5.75 Å². The van der Waals surface area contributed by atoms with Gasteiger partial charge < -0.3 is 10.5 Å². The largest absolute Gasteiger partial charge is 0.489 e. The Morgan fingerprint density at radius 2 is 1.93 bits per heavy atom. The van der Waals surface area contributed by atoms with E-state index in [1.54, 1.807) is 12.4 Å². The molecule has 2 N–H and O–H groups in total. The SMILES string of the molecule is NC1CCCCC1Oc1ccncc1. The van der Waals surface area contributed by atoms with Crippen molar-refractivity contribution >= 4 is 0 Å². The highest BCUT2D eigenvalue weighted by Gasteiger charge is 2.23. The molecule has 0 saturated heterocycles. The third-order valence-electron chi connectivity index (χ3n) is 2.69. The predicted octanol–water partition coefficient (Wildman–Crippen LogP) is 1.73. The molecule has 1 saturated carbocycles. The lowest BCUT2D eigenvalue weighted by Gasteiger charge is -2.28. The molecule has 1 aliphatic carbocycles. The second kappa shape index (κ2) is 4.42. The van der Waals surface area contributed by atoms with E-state index in [0.717, 1.165) is 18.6 Å². The van der Waals surface area contributed by atoms with Crippen LogP contribution in [0.25, 0.3) is 0 Å². The average Bonchev–Trinajstić information content (AvgIpc) is 2.23. The topological polar surface area (TPSA) is 48.1 Å². The normalized spacial score (nSPS) is 27.2. The number of hydrogen-bond donors (Lipinski definition) is 1. The van der Waals surface area contributed by atoms with Crippen LogP contribution in [0.15, 0.2) is 24.5 Å². The van der Waals surface area contributed by atoms with Crippen LogP contribution >= 0.6 is 0 Å². The molecule has 1 fully saturated rings. The van der Waals surface area contributed by atoms with Crippen LogP contribution in [0.1, 0.15) is 25.7 Å². The van der Waals surface area contributed by atoms with E-state index in [2.05, 4.69) is 4.98 Å². The highest BCUT2D eigenvalue weighted by atomic mass is 16.5. The first-order valence-corrected chi connectivity index (χ1v) is 5.18. The van der Waals surface area contributed by atoms with Crippen LogP contribution in [0.2, 0.25) is 0 Å². The Kier molecular flexibility index (Phi) is 2.99. The van der Waals surface area contributed by atoms with Gasteiger partial charge in [0.15, 0.2) is 0 Å². The van der Waals surface area contributed by atoms with Gasteiger partial charge in [-0.2, -0.15) is 0 Å². The molecule has 0 radical (unpaired) electrons. The van der Waals surface area contributed by atoms with Gasteiger partial charge in [0.1, 0.15) is 11.9 Å². The molecule has 2 unspecified atom stereocenters. The van der Waals surface area contributed by atoms with E-state index < -0.39 is 0 Å². The first kappa shape index (κ1) is 9.46. The zero-order valence-electron chi connectivity index (χ0n) is 8.23. The number of hydrogen-bond acceptors (Lipinski definition) is 3. The molecule has 2 atom stereocenters. The van der Waals surface area contributed by atoms with Crippen molar-refractivity contribution in [3.05, 3.63) is 24.5 Å². The van der Waals surface area contributed by atoms with Gasteiger partial charge in [0, 0.05) is 18.4 Å². The molecule has 0 bridgehead atoms. The number of rotatable bonds is 2. The van der Waals surface area contributed by atoms with Crippen LogP contribution in [0.4, 0.5) is 0 Å². The Labute approximate surface area is 84.3 Å². The molecule has 1 aliphatic rings. The lowest BCUT2D eigenvalue weighted by atomic mass is 9.93. The van der Waals surface area contributed by atoms with Gasteiger partial charge in [-0.25, -0.2) is 0 Å². The predicted molar refractivity (Wildman–Crippen MR) is 55.1 cm³/mol. The van der Waals surface area contributed by atoms with Crippen molar-refractivity contribution in [3.63, 3.8) is 0 Å². The van der Waals surface area contributed by atoms with E-state index in [0.29, 0.717) is 0 Å². The number of nitrogens with two attached hydrogens (primary N) is 1. The highest BCUT2D eigenvalue weighted by molar-refractivity contribution is 5.17. The molecule has 3 nitrogen and oxygen atoms in total. The molecule has 0 amide bonds. The molecule has 3 heteroatoms. The minimum absolute atomic E-state index is 0.186. The Morgan fingerprint density at radius 1 is 1.21 bits per heavy atom. The summed E-state index contributed by atoms with van der Waals surface area (Å²) in [5.41, 5.74) is 5.99. The van der Waals surface area contributed by atoms with Gasteiger partial charge in [0.05, 0.1) is 0 Å². The Hall–Kier alpha value is -1.09. The van der Waals surface area contributed by atoms with Crippen molar-refractivity contribution < 1.29 is 4.74 Å². The molecule has 1 heterocycles. The van der Waals surface area contributed by atoms with E-state index in [9.17, 15) is 0 Å². The summed E-state index contributed by atoms with van der Waals surface area (Å²) in [4.78, 5) is 3.95. The number of nitrogens with zero attached hydrogens (tertiary/aromatic N) is 1. The first-order chi connectivity index (χ1) is 6.86. The van der Waals surface area contributed by atoms with E-state index in [1.807, 2.05) is 12.1 Å². The van der Waals surface area contributed by atoms with Crippen molar-refractivity contribution in [2.24, 2.45) is 5.73 Å². The zero-order chi connectivity index (χ0) is 9.80. The van der Waals surface area contributed by atoms with E-state index in [4.69, 9.17) is 10.5 Å². The average molecular weight is 192 g/mol. The number of ether oxygens (including phenoxy) is 1.